The lowest BCUT2D eigenvalue weighted by atomic mass is 10.1. The number of hydrogen-bond donors (Lipinski definition) is 2. The third-order valence-electron chi connectivity index (χ3n) is 2.01. The number of rotatable bonds is 3. The third kappa shape index (κ3) is 2.71. The Kier molecular flexibility index (Phi) is 3.38. The van der Waals surface area contributed by atoms with E-state index in [0.29, 0.717) is 12.2 Å². The fraction of sp³-hybridized carbons (Fsp3) is 0.667. The summed E-state index contributed by atoms with van der Waals surface area (Å²) >= 11 is 0. The number of nitrogens with two attached hydrogens (primary N) is 1. The first-order valence-corrected chi connectivity index (χ1v) is 4.72. The molecule has 15 heavy (non-hydrogen) atoms. The summed E-state index contributed by atoms with van der Waals surface area (Å²) in [6.45, 7) is 3.66. The van der Waals surface area contributed by atoms with Crippen LogP contribution in [-0.4, -0.2) is 16.5 Å². The Labute approximate surface area is 85.9 Å². The predicted molar refractivity (Wildman–Crippen MR) is 50.4 cm³/mol. The Bertz CT molecular complexity index is 328. The summed E-state index contributed by atoms with van der Waals surface area (Å²) in [5.74, 6) is 0.0641. The van der Waals surface area contributed by atoms with Gasteiger partial charge in [-0.1, -0.05) is 13.8 Å². The van der Waals surface area contributed by atoms with E-state index in [9.17, 15) is 13.2 Å². The number of halogens is 3. The van der Waals surface area contributed by atoms with Crippen LogP contribution in [0, 0.1) is 0 Å². The molecule has 0 spiro atoms. The van der Waals surface area contributed by atoms with Crippen LogP contribution in [0.5, 0.6) is 0 Å². The third-order valence-corrected chi connectivity index (χ3v) is 2.01. The van der Waals surface area contributed by atoms with Crippen molar-refractivity contribution in [2.75, 3.05) is 6.54 Å². The zero-order valence-electron chi connectivity index (χ0n) is 8.65. The van der Waals surface area contributed by atoms with Gasteiger partial charge in [0.2, 0.25) is 0 Å². The first kappa shape index (κ1) is 12.0. The van der Waals surface area contributed by atoms with Crippen molar-refractivity contribution < 1.29 is 13.2 Å². The molecule has 0 bridgehead atoms. The highest BCUT2D eigenvalue weighted by molar-refractivity contribution is 5.21. The molecule has 0 atom stereocenters. The molecule has 0 unspecified atom stereocenters. The minimum absolute atomic E-state index is 0.131. The molecule has 1 aromatic rings. The number of nitrogens with one attached hydrogen (secondary N) is 1. The Morgan fingerprint density at radius 3 is 2.33 bits per heavy atom. The lowest BCUT2D eigenvalue weighted by Gasteiger charge is -2.07. The lowest BCUT2D eigenvalue weighted by Crippen LogP contribution is -2.10. The van der Waals surface area contributed by atoms with Crippen molar-refractivity contribution in [1.82, 2.24) is 9.97 Å². The molecule has 0 aliphatic carbocycles. The molecule has 0 aliphatic rings. The first-order chi connectivity index (χ1) is 6.86. The van der Waals surface area contributed by atoms with E-state index in [1.807, 2.05) is 0 Å². The fourth-order valence-electron chi connectivity index (χ4n) is 1.33. The second kappa shape index (κ2) is 4.22. The molecular weight excluding hydrogens is 207 g/mol. The van der Waals surface area contributed by atoms with Crippen molar-refractivity contribution in [3.8, 4) is 0 Å². The quantitative estimate of drug-likeness (QED) is 0.820. The van der Waals surface area contributed by atoms with Gasteiger partial charge in [0.25, 0.3) is 0 Å². The Morgan fingerprint density at radius 1 is 1.40 bits per heavy atom. The zero-order chi connectivity index (χ0) is 11.6. The lowest BCUT2D eigenvalue weighted by molar-refractivity contribution is -0.141. The number of H-pyrrole nitrogens is 1. The van der Waals surface area contributed by atoms with Crippen LogP contribution in [0.1, 0.15) is 37.0 Å². The van der Waals surface area contributed by atoms with Crippen LogP contribution in [0.4, 0.5) is 13.2 Å². The maximum atomic E-state index is 12.5. The van der Waals surface area contributed by atoms with Gasteiger partial charge in [-0.2, -0.15) is 13.2 Å². The number of nitrogens with zero attached hydrogens (tertiary/aromatic N) is 1. The molecule has 1 rings (SSSR count). The minimum atomic E-state index is -4.40. The second-order valence-corrected chi connectivity index (χ2v) is 3.64. The summed E-state index contributed by atoms with van der Waals surface area (Å²) in [5, 5.41) is 0. The van der Waals surface area contributed by atoms with Crippen molar-refractivity contribution in [3.63, 3.8) is 0 Å². The Morgan fingerprint density at radius 2 is 2.00 bits per heavy atom. The van der Waals surface area contributed by atoms with Gasteiger partial charge in [-0.05, 0) is 12.5 Å². The summed E-state index contributed by atoms with van der Waals surface area (Å²) in [6, 6.07) is 0. The highest BCUT2D eigenvalue weighted by Crippen LogP contribution is 2.33. The fourth-order valence-corrected chi connectivity index (χ4v) is 1.33. The topological polar surface area (TPSA) is 54.7 Å². The first-order valence-electron chi connectivity index (χ1n) is 4.72. The van der Waals surface area contributed by atoms with Gasteiger partial charge in [0.05, 0.1) is 0 Å². The van der Waals surface area contributed by atoms with Gasteiger partial charge in [0.1, 0.15) is 5.82 Å². The van der Waals surface area contributed by atoms with E-state index in [4.69, 9.17) is 5.73 Å². The molecule has 1 aromatic heterocycles. The molecule has 0 radical (unpaired) electrons. The van der Waals surface area contributed by atoms with Crippen LogP contribution in [0.2, 0.25) is 0 Å². The van der Waals surface area contributed by atoms with Crippen molar-refractivity contribution in [2.45, 2.75) is 32.4 Å². The predicted octanol–water partition coefficient (Wildman–Crippen LogP) is 2.05. The summed E-state index contributed by atoms with van der Waals surface area (Å²) < 4.78 is 37.6. The Balaban J connectivity index is 3.12. The molecule has 1 heterocycles. The average Bonchev–Trinajstić information content (AvgIpc) is 2.48. The number of aromatic amines is 1. The second-order valence-electron chi connectivity index (χ2n) is 3.64. The van der Waals surface area contributed by atoms with Crippen LogP contribution >= 0.6 is 0 Å². The Hall–Kier alpha value is -1.04. The van der Waals surface area contributed by atoms with Gasteiger partial charge < -0.3 is 10.7 Å². The molecule has 0 saturated carbocycles. The smallest absolute Gasteiger partial charge is 0.345 e. The summed E-state index contributed by atoms with van der Waals surface area (Å²) in [6.07, 6.45) is -4.07. The van der Waals surface area contributed by atoms with E-state index >= 15 is 0 Å². The SMILES string of the molecule is CC(C)c1[nH]c(CCN)nc1C(F)(F)F. The summed E-state index contributed by atoms with van der Waals surface area (Å²) in [4.78, 5) is 6.21. The van der Waals surface area contributed by atoms with Gasteiger partial charge in [-0.15, -0.1) is 0 Å². The van der Waals surface area contributed by atoms with Crippen molar-refractivity contribution >= 4 is 0 Å². The molecule has 86 valence electrons. The summed E-state index contributed by atoms with van der Waals surface area (Å²) in [5.41, 5.74) is 4.58. The van der Waals surface area contributed by atoms with E-state index in [1.54, 1.807) is 13.8 Å². The molecule has 0 aliphatic heterocycles. The van der Waals surface area contributed by atoms with Crippen molar-refractivity contribution in [3.05, 3.63) is 17.2 Å². The molecule has 0 saturated heterocycles. The molecule has 0 fully saturated rings. The van der Waals surface area contributed by atoms with E-state index in [1.165, 1.54) is 0 Å². The standard InChI is InChI=1S/C9H14F3N3/c1-5(2)7-8(9(10,11)12)15-6(14-7)3-4-13/h5H,3-4,13H2,1-2H3,(H,14,15). The maximum absolute atomic E-state index is 12.5. The molecule has 3 N–H and O–H groups in total. The van der Waals surface area contributed by atoms with Crippen LogP contribution < -0.4 is 5.73 Å². The maximum Gasteiger partial charge on any atom is 0.435 e. The van der Waals surface area contributed by atoms with Gasteiger partial charge in [-0.3, -0.25) is 0 Å². The largest absolute Gasteiger partial charge is 0.435 e. The monoisotopic (exact) mass is 221 g/mol. The molecule has 6 heteroatoms. The number of hydrogen-bond acceptors (Lipinski definition) is 2. The normalized spacial score (nSPS) is 12.5. The minimum Gasteiger partial charge on any atom is -0.345 e. The molecule has 0 amide bonds. The highest BCUT2D eigenvalue weighted by atomic mass is 19.4. The highest BCUT2D eigenvalue weighted by Gasteiger charge is 2.37. The van der Waals surface area contributed by atoms with Crippen molar-refractivity contribution in [2.24, 2.45) is 5.73 Å². The van der Waals surface area contributed by atoms with Gasteiger partial charge >= 0.3 is 6.18 Å². The molecule has 0 aromatic carbocycles. The van der Waals surface area contributed by atoms with Crippen molar-refractivity contribution in [1.29, 1.82) is 0 Å². The van der Waals surface area contributed by atoms with E-state index < -0.39 is 11.9 Å². The molecular formula is C9H14F3N3. The summed E-state index contributed by atoms with van der Waals surface area (Å²) in [7, 11) is 0. The zero-order valence-corrected chi connectivity index (χ0v) is 8.65. The van der Waals surface area contributed by atoms with Crippen LogP contribution in [0.25, 0.3) is 0 Å². The van der Waals surface area contributed by atoms with Crippen LogP contribution in [-0.2, 0) is 12.6 Å². The van der Waals surface area contributed by atoms with Crippen LogP contribution in [0.3, 0.4) is 0 Å². The number of aromatic nitrogens is 2. The van der Waals surface area contributed by atoms with Crippen LogP contribution in [0.15, 0.2) is 0 Å². The van der Waals surface area contributed by atoms with E-state index in [2.05, 4.69) is 9.97 Å². The molecule has 3 nitrogen and oxygen atoms in total. The van der Waals surface area contributed by atoms with Gasteiger partial charge in [0.15, 0.2) is 5.69 Å². The number of alkyl halides is 3. The van der Waals surface area contributed by atoms with E-state index in [0.717, 1.165) is 0 Å². The van der Waals surface area contributed by atoms with Gasteiger partial charge in [0, 0.05) is 12.1 Å². The average molecular weight is 221 g/mol. The van der Waals surface area contributed by atoms with Gasteiger partial charge in [-0.25, -0.2) is 4.98 Å². The van der Waals surface area contributed by atoms with E-state index in [-0.39, 0.29) is 18.2 Å². The number of imidazole rings is 1.